The minimum Gasteiger partial charge on any atom is -0.497 e. The van der Waals surface area contributed by atoms with E-state index < -0.39 is 32.4 Å². The van der Waals surface area contributed by atoms with Gasteiger partial charge in [-0.3, -0.25) is 9.52 Å². The normalized spacial score (nSPS) is 11.9. The second kappa shape index (κ2) is 7.62. The van der Waals surface area contributed by atoms with E-state index in [2.05, 4.69) is 9.44 Å². The van der Waals surface area contributed by atoms with Crippen molar-refractivity contribution < 1.29 is 31.5 Å². The molecule has 0 fully saturated rings. The molecule has 0 radical (unpaired) electrons. The number of carboxylic acids is 1. The average Bonchev–Trinajstić information content (AvgIpc) is 2.45. The quantitative estimate of drug-likeness (QED) is 0.568. The molecular formula is C12H18N2O7S2. The van der Waals surface area contributed by atoms with Gasteiger partial charge in [0.2, 0.25) is 20.0 Å². The van der Waals surface area contributed by atoms with Crippen molar-refractivity contribution in [1.82, 2.24) is 4.72 Å². The molecule has 0 spiro atoms. The summed E-state index contributed by atoms with van der Waals surface area (Å²) in [4.78, 5) is 10.1. The highest BCUT2D eigenvalue weighted by Crippen LogP contribution is 2.27. The van der Waals surface area contributed by atoms with Gasteiger partial charge in [-0.1, -0.05) is 0 Å². The highest BCUT2D eigenvalue weighted by molar-refractivity contribution is 7.93. The molecule has 0 unspecified atom stereocenters. The van der Waals surface area contributed by atoms with Crippen LogP contribution in [0.4, 0.5) is 5.69 Å². The molecule has 1 aromatic carbocycles. The summed E-state index contributed by atoms with van der Waals surface area (Å²) in [5.74, 6) is -1.13. The molecule has 0 saturated carbocycles. The monoisotopic (exact) mass is 366 g/mol. The van der Waals surface area contributed by atoms with Crippen LogP contribution in [0.1, 0.15) is 13.3 Å². The summed E-state index contributed by atoms with van der Waals surface area (Å²) in [5, 5.41) is 8.55. The lowest BCUT2D eigenvalue weighted by Crippen LogP contribution is -2.27. The van der Waals surface area contributed by atoms with Gasteiger partial charge in [-0.05, 0) is 19.1 Å². The highest BCUT2D eigenvalue weighted by atomic mass is 32.2. The zero-order valence-electron chi connectivity index (χ0n) is 12.6. The van der Waals surface area contributed by atoms with Gasteiger partial charge in [0.15, 0.2) is 0 Å². The van der Waals surface area contributed by atoms with E-state index in [4.69, 9.17) is 9.84 Å². The predicted octanol–water partition coefficient (Wildman–Crippen LogP) is 0.210. The Hall–Kier alpha value is -1.85. The minimum absolute atomic E-state index is 0.172. The molecular weight excluding hydrogens is 348 g/mol. The van der Waals surface area contributed by atoms with Crippen molar-refractivity contribution in [2.24, 2.45) is 0 Å². The van der Waals surface area contributed by atoms with E-state index in [-0.39, 0.29) is 28.6 Å². The van der Waals surface area contributed by atoms with E-state index in [1.54, 1.807) is 0 Å². The van der Waals surface area contributed by atoms with Crippen molar-refractivity contribution in [3.8, 4) is 5.75 Å². The zero-order chi connectivity index (χ0) is 17.7. The number of hydrogen-bond acceptors (Lipinski definition) is 6. The molecule has 0 bridgehead atoms. The number of carbonyl (C=O) groups is 1. The molecule has 0 heterocycles. The predicted molar refractivity (Wildman–Crippen MR) is 83.5 cm³/mol. The fourth-order valence-electron chi connectivity index (χ4n) is 1.56. The fraction of sp³-hybridized carbons (Fsp3) is 0.417. The molecule has 1 aromatic rings. The number of rotatable bonds is 9. The van der Waals surface area contributed by atoms with Gasteiger partial charge >= 0.3 is 5.97 Å². The first-order valence-corrected chi connectivity index (χ1v) is 9.65. The van der Waals surface area contributed by atoms with Crippen LogP contribution in [0.5, 0.6) is 5.75 Å². The number of hydrogen-bond donors (Lipinski definition) is 3. The van der Waals surface area contributed by atoms with E-state index in [9.17, 15) is 21.6 Å². The maximum Gasteiger partial charge on any atom is 0.304 e. The largest absolute Gasteiger partial charge is 0.497 e. The third-order valence-corrected chi connectivity index (χ3v) is 5.56. The summed E-state index contributed by atoms with van der Waals surface area (Å²) in [5.41, 5.74) is -0.172. The molecule has 0 saturated heterocycles. The summed E-state index contributed by atoms with van der Waals surface area (Å²) in [7, 11) is -6.44. The second-order valence-electron chi connectivity index (χ2n) is 4.41. The Bertz CT molecular complexity index is 773. The van der Waals surface area contributed by atoms with Crippen LogP contribution in [0.15, 0.2) is 23.1 Å². The van der Waals surface area contributed by atoms with E-state index in [1.807, 2.05) is 0 Å². The van der Waals surface area contributed by atoms with Crippen LogP contribution in [0.25, 0.3) is 0 Å². The lowest BCUT2D eigenvalue weighted by atomic mass is 10.3. The molecule has 23 heavy (non-hydrogen) atoms. The summed E-state index contributed by atoms with van der Waals surface area (Å²) in [6.45, 7) is 1.09. The van der Waals surface area contributed by atoms with Crippen LogP contribution in [-0.4, -0.2) is 47.3 Å². The van der Waals surface area contributed by atoms with Gasteiger partial charge in [0.1, 0.15) is 10.6 Å². The van der Waals surface area contributed by atoms with Crippen LogP contribution < -0.4 is 14.2 Å². The SMILES string of the molecule is CCS(=O)(=O)Nc1cc(OC)ccc1S(=O)(=O)NCCC(=O)O. The third-order valence-electron chi connectivity index (χ3n) is 2.75. The van der Waals surface area contributed by atoms with Gasteiger partial charge < -0.3 is 9.84 Å². The summed E-state index contributed by atoms with van der Waals surface area (Å²) in [6, 6.07) is 3.77. The number of sulfonamides is 2. The van der Waals surface area contributed by atoms with Gasteiger partial charge in [0.05, 0.1) is 25.0 Å². The number of methoxy groups -OCH3 is 1. The van der Waals surface area contributed by atoms with Crippen molar-refractivity contribution in [3.63, 3.8) is 0 Å². The minimum atomic E-state index is -4.09. The van der Waals surface area contributed by atoms with E-state index >= 15 is 0 Å². The van der Waals surface area contributed by atoms with Gasteiger partial charge in [-0.2, -0.15) is 0 Å². The average molecular weight is 366 g/mol. The number of aliphatic carboxylic acids is 1. The number of nitrogens with one attached hydrogen (secondary N) is 2. The lowest BCUT2D eigenvalue weighted by molar-refractivity contribution is -0.136. The van der Waals surface area contributed by atoms with Gasteiger partial charge in [-0.15, -0.1) is 0 Å². The second-order valence-corrected chi connectivity index (χ2v) is 8.16. The molecule has 0 amide bonds. The number of ether oxygens (including phenoxy) is 1. The standard InChI is InChI=1S/C12H18N2O7S2/c1-3-22(17,18)14-10-8-9(21-2)4-5-11(10)23(19,20)13-7-6-12(15)16/h4-5,8,13-14H,3,6-7H2,1-2H3,(H,15,16). The number of carboxylic acid groups (broad SMARTS) is 1. The fourth-order valence-corrected chi connectivity index (χ4v) is 3.45. The Balaban J connectivity index is 3.21. The molecule has 3 N–H and O–H groups in total. The Morgan fingerprint density at radius 3 is 2.43 bits per heavy atom. The third kappa shape index (κ3) is 5.69. The number of anilines is 1. The maximum atomic E-state index is 12.2. The highest BCUT2D eigenvalue weighted by Gasteiger charge is 2.22. The first-order valence-electron chi connectivity index (χ1n) is 6.51. The van der Waals surface area contributed by atoms with Crippen molar-refractivity contribution in [2.75, 3.05) is 24.1 Å². The molecule has 130 valence electrons. The van der Waals surface area contributed by atoms with Gasteiger partial charge in [0.25, 0.3) is 0 Å². The molecule has 0 aliphatic heterocycles. The van der Waals surface area contributed by atoms with Crippen LogP contribution in [0, 0.1) is 0 Å². The molecule has 0 aliphatic rings. The molecule has 11 heteroatoms. The molecule has 9 nitrogen and oxygen atoms in total. The molecule has 1 rings (SSSR count). The summed E-state index contributed by atoms with van der Waals surface area (Å²) < 4.78 is 57.1. The molecule has 0 atom stereocenters. The molecule has 0 aliphatic carbocycles. The van der Waals surface area contributed by atoms with Crippen LogP contribution in [-0.2, 0) is 24.8 Å². The first kappa shape index (κ1) is 19.2. The Morgan fingerprint density at radius 2 is 1.91 bits per heavy atom. The zero-order valence-corrected chi connectivity index (χ0v) is 14.2. The van der Waals surface area contributed by atoms with E-state index in [1.165, 1.54) is 32.2 Å². The van der Waals surface area contributed by atoms with Crippen LogP contribution in [0.3, 0.4) is 0 Å². The van der Waals surface area contributed by atoms with Crippen molar-refractivity contribution >= 4 is 31.7 Å². The van der Waals surface area contributed by atoms with Crippen molar-refractivity contribution in [1.29, 1.82) is 0 Å². The lowest BCUT2D eigenvalue weighted by Gasteiger charge is -2.14. The van der Waals surface area contributed by atoms with Crippen LogP contribution >= 0.6 is 0 Å². The van der Waals surface area contributed by atoms with Crippen LogP contribution in [0.2, 0.25) is 0 Å². The Kier molecular flexibility index (Phi) is 6.36. The molecule has 0 aromatic heterocycles. The number of benzene rings is 1. The van der Waals surface area contributed by atoms with E-state index in [0.29, 0.717) is 0 Å². The summed E-state index contributed by atoms with van der Waals surface area (Å²) >= 11 is 0. The first-order chi connectivity index (χ1) is 10.6. The maximum absolute atomic E-state index is 12.2. The van der Waals surface area contributed by atoms with Crippen molar-refractivity contribution in [2.45, 2.75) is 18.2 Å². The topological polar surface area (TPSA) is 139 Å². The van der Waals surface area contributed by atoms with E-state index in [0.717, 1.165) is 0 Å². The van der Waals surface area contributed by atoms with Gasteiger partial charge in [0, 0.05) is 12.6 Å². The Labute approximate surface area is 134 Å². The smallest absolute Gasteiger partial charge is 0.304 e. The van der Waals surface area contributed by atoms with Gasteiger partial charge in [-0.25, -0.2) is 21.6 Å². The Morgan fingerprint density at radius 1 is 1.26 bits per heavy atom. The van der Waals surface area contributed by atoms with Crippen molar-refractivity contribution in [3.05, 3.63) is 18.2 Å². The summed E-state index contributed by atoms with van der Waals surface area (Å²) in [6.07, 6.45) is -0.397.